The Morgan fingerprint density at radius 3 is 2.69 bits per heavy atom. The molecule has 2 aliphatic rings. The van der Waals surface area contributed by atoms with Crippen LogP contribution in [0.4, 0.5) is 5.69 Å². The summed E-state index contributed by atoms with van der Waals surface area (Å²) in [6.45, 7) is 0. The lowest BCUT2D eigenvalue weighted by Crippen LogP contribution is -2.62. The van der Waals surface area contributed by atoms with Gasteiger partial charge >= 0.3 is 5.63 Å². The van der Waals surface area contributed by atoms with Crippen LogP contribution in [-0.2, 0) is 9.63 Å². The second-order valence-corrected chi connectivity index (χ2v) is 7.56. The molecule has 2 aromatic rings. The number of hydrogen-bond acceptors (Lipinski definition) is 10. The summed E-state index contributed by atoms with van der Waals surface area (Å²) in [5.74, 6) is -0.141. The summed E-state index contributed by atoms with van der Waals surface area (Å²) in [6, 6.07) is 4.72. The molecule has 0 bridgehead atoms. The van der Waals surface area contributed by atoms with Gasteiger partial charge in [-0.15, -0.1) is 0 Å². The Morgan fingerprint density at radius 2 is 2.00 bits per heavy atom. The molecule has 3 N–H and O–H groups in total. The zero-order valence-corrected chi connectivity index (χ0v) is 17.5. The minimum atomic E-state index is -1.96. The maximum atomic E-state index is 13.0. The van der Waals surface area contributed by atoms with Gasteiger partial charge in [0.15, 0.2) is 17.4 Å². The van der Waals surface area contributed by atoms with Crippen molar-refractivity contribution in [2.75, 3.05) is 26.2 Å². The Hall–Kier alpha value is -3.41. The van der Waals surface area contributed by atoms with E-state index in [4.69, 9.17) is 18.7 Å². The number of oxime groups is 1. The van der Waals surface area contributed by atoms with Crippen molar-refractivity contribution < 1.29 is 38.8 Å². The minimum Gasteiger partial charge on any atom is -0.493 e. The van der Waals surface area contributed by atoms with E-state index in [1.807, 2.05) is 0 Å². The molecule has 1 aromatic heterocycles. The number of benzene rings is 1. The number of carbonyl (C=O) groups is 1. The molecule has 0 saturated carbocycles. The maximum Gasteiger partial charge on any atom is 0.360 e. The zero-order valence-electron chi connectivity index (χ0n) is 17.5. The summed E-state index contributed by atoms with van der Waals surface area (Å²) in [5.41, 5.74) is -2.94. The number of methoxy groups -OCH3 is 2. The number of amides is 1. The van der Waals surface area contributed by atoms with E-state index < -0.39 is 41.9 Å². The number of ether oxygens (including phenoxy) is 2. The van der Waals surface area contributed by atoms with E-state index in [9.17, 15) is 24.9 Å². The molecule has 1 aromatic carbocycles. The van der Waals surface area contributed by atoms with Crippen molar-refractivity contribution in [3.8, 4) is 11.5 Å². The lowest BCUT2D eigenvalue weighted by atomic mass is 9.78. The lowest BCUT2D eigenvalue weighted by molar-refractivity contribution is -0.191. The lowest BCUT2D eigenvalue weighted by Gasteiger charge is -2.43. The molecule has 32 heavy (non-hydrogen) atoms. The van der Waals surface area contributed by atoms with Crippen LogP contribution < -0.4 is 20.0 Å². The average molecular weight is 446 g/mol. The summed E-state index contributed by atoms with van der Waals surface area (Å²) in [4.78, 5) is 31.8. The van der Waals surface area contributed by atoms with Crippen LogP contribution in [0.15, 0.2) is 44.7 Å². The van der Waals surface area contributed by atoms with Crippen molar-refractivity contribution in [1.82, 2.24) is 0 Å². The number of rotatable bonds is 4. The van der Waals surface area contributed by atoms with E-state index in [2.05, 4.69) is 5.16 Å². The molecule has 0 fully saturated rings. The highest BCUT2D eigenvalue weighted by Crippen LogP contribution is 2.36. The van der Waals surface area contributed by atoms with Crippen LogP contribution in [0.5, 0.6) is 11.5 Å². The highest BCUT2D eigenvalue weighted by Gasteiger charge is 2.54. The Labute approximate surface area is 181 Å². The van der Waals surface area contributed by atoms with Crippen LogP contribution in [0.2, 0.25) is 0 Å². The first-order valence-corrected chi connectivity index (χ1v) is 9.67. The van der Waals surface area contributed by atoms with Crippen molar-refractivity contribution in [2.24, 2.45) is 5.16 Å². The SMILES string of the molecule is COc1ccc2cc(N(C)C(=O)C3=NO[C@H]4[C@H](O)C=C[C@H](O)[C@]4(O)C3)c(=O)oc2c1OC. The highest BCUT2D eigenvalue weighted by molar-refractivity contribution is 6.43. The van der Waals surface area contributed by atoms with Gasteiger partial charge in [0.25, 0.3) is 5.91 Å². The van der Waals surface area contributed by atoms with Crippen molar-refractivity contribution in [3.63, 3.8) is 0 Å². The molecule has 11 nitrogen and oxygen atoms in total. The van der Waals surface area contributed by atoms with Crippen LogP contribution in [0.3, 0.4) is 0 Å². The fourth-order valence-electron chi connectivity index (χ4n) is 3.87. The first-order valence-electron chi connectivity index (χ1n) is 9.67. The highest BCUT2D eigenvalue weighted by atomic mass is 16.7. The number of fused-ring (bicyclic) bond motifs is 2. The quantitative estimate of drug-likeness (QED) is 0.433. The maximum absolute atomic E-state index is 13.0. The summed E-state index contributed by atoms with van der Waals surface area (Å²) >= 11 is 0. The van der Waals surface area contributed by atoms with Gasteiger partial charge in [0, 0.05) is 18.9 Å². The molecule has 0 radical (unpaired) electrons. The van der Waals surface area contributed by atoms with E-state index in [1.54, 1.807) is 12.1 Å². The molecule has 2 heterocycles. The number of nitrogens with zero attached hydrogens (tertiary/aromatic N) is 2. The number of anilines is 1. The average Bonchev–Trinajstić information content (AvgIpc) is 2.79. The van der Waals surface area contributed by atoms with Crippen molar-refractivity contribution in [1.29, 1.82) is 0 Å². The molecule has 1 amide bonds. The summed E-state index contributed by atoms with van der Waals surface area (Å²) < 4.78 is 15.9. The predicted molar refractivity (Wildman–Crippen MR) is 112 cm³/mol. The second-order valence-electron chi connectivity index (χ2n) is 7.56. The molecule has 1 aliphatic heterocycles. The van der Waals surface area contributed by atoms with E-state index in [1.165, 1.54) is 39.5 Å². The van der Waals surface area contributed by atoms with Gasteiger partial charge in [-0.25, -0.2) is 4.79 Å². The summed E-state index contributed by atoms with van der Waals surface area (Å²) in [7, 11) is 4.20. The second kappa shape index (κ2) is 7.93. The van der Waals surface area contributed by atoms with Gasteiger partial charge < -0.3 is 38.9 Å². The number of hydrogen-bond donors (Lipinski definition) is 3. The van der Waals surface area contributed by atoms with Crippen molar-refractivity contribution >= 4 is 28.3 Å². The Morgan fingerprint density at radius 1 is 1.25 bits per heavy atom. The largest absolute Gasteiger partial charge is 0.493 e. The molecular formula is C21H22N2O9. The summed E-state index contributed by atoms with van der Waals surface area (Å²) in [5, 5.41) is 35.3. The van der Waals surface area contributed by atoms with Gasteiger partial charge in [0.05, 0.1) is 14.2 Å². The molecule has 1 aliphatic carbocycles. The molecule has 0 saturated heterocycles. The third kappa shape index (κ3) is 3.30. The zero-order chi connectivity index (χ0) is 23.2. The van der Waals surface area contributed by atoms with Crippen LogP contribution in [0.25, 0.3) is 11.0 Å². The van der Waals surface area contributed by atoms with Crippen LogP contribution in [0, 0.1) is 0 Å². The number of aliphatic hydroxyl groups is 3. The van der Waals surface area contributed by atoms with Gasteiger partial charge in [-0.2, -0.15) is 0 Å². The van der Waals surface area contributed by atoms with E-state index >= 15 is 0 Å². The first-order chi connectivity index (χ1) is 15.2. The van der Waals surface area contributed by atoms with Gasteiger partial charge in [0.1, 0.15) is 29.2 Å². The number of carbonyl (C=O) groups excluding carboxylic acids is 1. The predicted octanol–water partition coefficient (Wildman–Crippen LogP) is -0.0594. The fraction of sp³-hybridized carbons (Fsp3) is 0.381. The third-order valence-electron chi connectivity index (χ3n) is 5.67. The van der Waals surface area contributed by atoms with Gasteiger partial charge in [-0.3, -0.25) is 4.79 Å². The van der Waals surface area contributed by atoms with E-state index in [0.29, 0.717) is 11.1 Å². The molecule has 4 atom stereocenters. The van der Waals surface area contributed by atoms with Crippen LogP contribution >= 0.6 is 0 Å². The molecular weight excluding hydrogens is 424 g/mol. The number of aliphatic hydroxyl groups excluding tert-OH is 2. The Kier molecular flexibility index (Phi) is 5.41. The third-order valence-corrected chi connectivity index (χ3v) is 5.67. The van der Waals surface area contributed by atoms with E-state index in [0.717, 1.165) is 4.90 Å². The summed E-state index contributed by atoms with van der Waals surface area (Å²) in [6.07, 6.45) is -1.72. The Balaban J connectivity index is 1.68. The Bertz CT molecular complexity index is 1190. The van der Waals surface area contributed by atoms with Gasteiger partial charge in [-0.05, 0) is 18.2 Å². The topological polar surface area (TPSA) is 151 Å². The fourth-order valence-corrected chi connectivity index (χ4v) is 3.87. The van der Waals surface area contributed by atoms with Gasteiger partial charge in [0.2, 0.25) is 5.75 Å². The van der Waals surface area contributed by atoms with Gasteiger partial charge in [-0.1, -0.05) is 17.3 Å². The molecule has 0 unspecified atom stereocenters. The molecule has 170 valence electrons. The molecule has 0 spiro atoms. The monoisotopic (exact) mass is 446 g/mol. The minimum absolute atomic E-state index is 0.0874. The first kappa shape index (κ1) is 21.8. The van der Waals surface area contributed by atoms with Crippen molar-refractivity contribution in [2.45, 2.75) is 30.3 Å². The normalized spacial score (nSPS) is 26.7. The molecule has 4 rings (SSSR count). The van der Waals surface area contributed by atoms with Crippen molar-refractivity contribution in [3.05, 3.63) is 40.8 Å². The van der Waals surface area contributed by atoms with Crippen LogP contribution in [0.1, 0.15) is 6.42 Å². The smallest absolute Gasteiger partial charge is 0.360 e. The standard InChI is InChI=1S/C21H22N2O9/c1-23(12-8-10-4-6-14(29-2)17(30-3)16(10)31-20(12)27)19(26)11-9-21(28)15(25)7-5-13(24)18(21)32-22-11/h4-8,13,15,18,24-25,28H,9H2,1-3H3/t13-,15+,18+,21-/m1/s1. The van der Waals surface area contributed by atoms with Crippen LogP contribution in [-0.4, -0.2) is 72.1 Å². The molecule has 11 heteroatoms. The van der Waals surface area contributed by atoms with E-state index in [-0.39, 0.29) is 22.7 Å².